The number of thiophene rings is 1. The summed E-state index contributed by atoms with van der Waals surface area (Å²) < 4.78 is 1.98. The van der Waals surface area contributed by atoms with Crippen LogP contribution in [-0.4, -0.2) is 21.2 Å². The fourth-order valence-corrected chi connectivity index (χ4v) is 3.55. The monoisotopic (exact) mass is 327 g/mol. The molecule has 0 saturated heterocycles. The number of carbonyl (C=O) groups is 1. The van der Waals surface area contributed by atoms with Crippen molar-refractivity contribution in [3.8, 4) is 0 Å². The Labute approximate surface area is 140 Å². The van der Waals surface area contributed by atoms with E-state index in [1.807, 2.05) is 56.6 Å². The molecule has 0 aliphatic carbocycles. The van der Waals surface area contributed by atoms with E-state index in [1.54, 1.807) is 0 Å². The first-order valence-corrected chi connectivity index (χ1v) is 8.48. The zero-order valence-corrected chi connectivity index (χ0v) is 14.7. The third-order valence-electron chi connectivity index (χ3n) is 3.49. The molecule has 5 heteroatoms. The quantitative estimate of drug-likeness (QED) is 0.791. The molecule has 23 heavy (non-hydrogen) atoms. The number of hydrogen-bond donors (Lipinski definition) is 1. The molecule has 0 radical (unpaired) electrons. The zero-order valence-electron chi connectivity index (χ0n) is 13.9. The van der Waals surface area contributed by atoms with E-state index in [4.69, 9.17) is 0 Å². The van der Waals surface area contributed by atoms with Gasteiger partial charge in [-0.05, 0) is 39.3 Å². The summed E-state index contributed by atoms with van der Waals surface area (Å²) in [5, 5.41) is 8.69. The van der Waals surface area contributed by atoms with Crippen molar-refractivity contribution in [1.82, 2.24) is 15.1 Å². The molecular formula is C18H21N3OS. The highest BCUT2D eigenvalue weighted by Gasteiger charge is 2.20. The molecule has 0 fully saturated rings. The number of fused-ring (bicyclic) bond motifs is 1. The van der Waals surface area contributed by atoms with Gasteiger partial charge in [0.2, 0.25) is 0 Å². The lowest BCUT2D eigenvalue weighted by Gasteiger charge is -2.19. The Bertz CT molecular complexity index is 840. The Morgan fingerprint density at radius 2 is 1.96 bits per heavy atom. The first-order valence-electron chi connectivity index (χ1n) is 7.67. The van der Waals surface area contributed by atoms with Gasteiger partial charge in [0, 0.05) is 10.9 Å². The van der Waals surface area contributed by atoms with Gasteiger partial charge in [-0.1, -0.05) is 30.3 Å². The molecule has 1 N–H and O–H groups in total. The van der Waals surface area contributed by atoms with E-state index in [0.29, 0.717) is 6.54 Å². The second-order valence-corrected chi connectivity index (χ2v) is 7.79. The largest absolute Gasteiger partial charge is 0.347 e. The van der Waals surface area contributed by atoms with E-state index in [-0.39, 0.29) is 11.4 Å². The summed E-state index contributed by atoms with van der Waals surface area (Å²) in [7, 11) is 0. The molecule has 0 spiro atoms. The van der Waals surface area contributed by atoms with Crippen LogP contribution in [0.2, 0.25) is 0 Å². The van der Waals surface area contributed by atoms with E-state index in [0.717, 1.165) is 20.8 Å². The van der Waals surface area contributed by atoms with Gasteiger partial charge in [0.25, 0.3) is 5.91 Å². The molecule has 0 bridgehead atoms. The number of aryl methyl sites for hydroxylation is 1. The average molecular weight is 327 g/mol. The van der Waals surface area contributed by atoms with Crippen LogP contribution in [0.4, 0.5) is 0 Å². The minimum atomic E-state index is -0.238. The number of nitrogens with one attached hydrogen (secondary N) is 1. The first kappa shape index (κ1) is 15.7. The van der Waals surface area contributed by atoms with Crippen LogP contribution >= 0.6 is 11.3 Å². The first-order chi connectivity index (χ1) is 10.8. The highest BCUT2D eigenvalue weighted by Crippen LogP contribution is 2.29. The predicted molar refractivity (Wildman–Crippen MR) is 95.1 cm³/mol. The third-order valence-corrected chi connectivity index (χ3v) is 4.64. The molecule has 3 rings (SSSR count). The molecule has 0 aliphatic heterocycles. The molecule has 0 saturated carbocycles. The Morgan fingerprint density at radius 1 is 1.26 bits per heavy atom. The lowest BCUT2D eigenvalue weighted by molar-refractivity contribution is 0.0924. The second-order valence-electron chi connectivity index (χ2n) is 6.76. The van der Waals surface area contributed by atoms with E-state index in [2.05, 4.69) is 22.5 Å². The third kappa shape index (κ3) is 3.45. The molecule has 0 unspecified atom stereocenters. The van der Waals surface area contributed by atoms with E-state index in [1.165, 1.54) is 16.9 Å². The van der Waals surface area contributed by atoms with Gasteiger partial charge in [-0.3, -0.25) is 9.48 Å². The minimum Gasteiger partial charge on any atom is -0.347 e. The summed E-state index contributed by atoms with van der Waals surface area (Å²) in [6.45, 7) is 8.66. The number of nitrogens with zero attached hydrogens (tertiary/aromatic N) is 2. The van der Waals surface area contributed by atoms with Crippen molar-refractivity contribution in [2.75, 3.05) is 0 Å². The molecule has 3 aromatic rings. The molecular weight excluding hydrogens is 306 g/mol. The number of aromatic nitrogens is 2. The van der Waals surface area contributed by atoms with Crippen LogP contribution in [0, 0.1) is 6.92 Å². The maximum atomic E-state index is 12.4. The van der Waals surface area contributed by atoms with Gasteiger partial charge in [-0.25, -0.2) is 0 Å². The van der Waals surface area contributed by atoms with Crippen LogP contribution in [0.25, 0.3) is 10.2 Å². The van der Waals surface area contributed by atoms with Crippen molar-refractivity contribution in [3.63, 3.8) is 0 Å². The topological polar surface area (TPSA) is 46.9 Å². The number of hydrogen-bond acceptors (Lipinski definition) is 3. The molecule has 4 nitrogen and oxygen atoms in total. The highest BCUT2D eigenvalue weighted by atomic mass is 32.1. The van der Waals surface area contributed by atoms with E-state index < -0.39 is 0 Å². The number of carbonyl (C=O) groups excluding carboxylic acids is 1. The predicted octanol–water partition coefficient (Wildman–Crippen LogP) is 3.98. The Kier molecular flexibility index (Phi) is 3.98. The summed E-state index contributed by atoms with van der Waals surface area (Å²) in [6.07, 6.45) is 0. The fourth-order valence-electron chi connectivity index (χ4n) is 2.49. The second kappa shape index (κ2) is 5.81. The smallest absolute Gasteiger partial charge is 0.261 e. The molecule has 120 valence electrons. The van der Waals surface area contributed by atoms with Crippen LogP contribution in [0.1, 0.15) is 41.7 Å². The minimum absolute atomic E-state index is 0.0237. The van der Waals surface area contributed by atoms with Gasteiger partial charge < -0.3 is 5.32 Å². The van der Waals surface area contributed by atoms with Crippen LogP contribution < -0.4 is 5.32 Å². The SMILES string of the molecule is Cc1nn(Cc2ccccc2)c2sc(C(=O)NC(C)(C)C)cc12. The van der Waals surface area contributed by atoms with Crippen LogP contribution in [0.5, 0.6) is 0 Å². The highest BCUT2D eigenvalue weighted by molar-refractivity contribution is 7.20. The standard InChI is InChI=1S/C18H21N3OS/c1-12-14-10-15(16(22)19-18(2,3)4)23-17(14)21(20-12)11-13-8-6-5-7-9-13/h5-10H,11H2,1-4H3,(H,19,22). The summed E-state index contributed by atoms with van der Waals surface area (Å²) in [5.74, 6) is -0.0237. The molecule has 2 heterocycles. The lowest BCUT2D eigenvalue weighted by atomic mass is 10.1. The van der Waals surface area contributed by atoms with Gasteiger partial charge in [0.15, 0.2) is 0 Å². The maximum absolute atomic E-state index is 12.4. The zero-order chi connectivity index (χ0) is 16.6. The van der Waals surface area contributed by atoms with Crippen molar-refractivity contribution < 1.29 is 4.79 Å². The Morgan fingerprint density at radius 3 is 2.61 bits per heavy atom. The van der Waals surface area contributed by atoms with Crippen molar-refractivity contribution >= 4 is 27.5 Å². The van der Waals surface area contributed by atoms with Gasteiger partial charge in [-0.2, -0.15) is 5.10 Å². The van der Waals surface area contributed by atoms with Crippen molar-refractivity contribution in [3.05, 3.63) is 52.5 Å². The molecule has 0 atom stereocenters. The van der Waals surface area contributed by atoms with Crippen molar-refractivity contribution in [2.24, 2.45) is 0 Å². The van der Waals surface area contributed by atoms with Gasteiger partial charge in [0.05, 0.1) is 17.1 Å². The number of amides is 1. The molecule has 1 amide bonds. The molecule has 0 aliphatic rings. The van der Waals surface area contributed by atoms with Crippen LogP contribution in [-0.2, 0) is 6.54 Å². The maximum Gasteiger partial charge on any atom is 0.261 e. The number of benzene rings is 1. The van der Waals surface area contributed by atoms with Crippen LogP contribution in [0.3, 0.4) is 0 Å². The fraction of sp³-hybridized carbons (Fsp3) is 0.333. The summed E-state index contributed by atoms with van der Waals surface area (Å²) >= 11 is 1.50. The average Bonchev–Trinajstić information content (AvgIpc) is 3.01. The van der Waals surface area contributed by atoms with Gasteiger partial charge in [-0.15, -0.1) is 11.3 Å². The molecule has 1 aromatic carbocycles. The Hall–Kier alpha value is -2.14. The van der Waals surface area contributed by atoms with Crippen molar-refractivity contribution in [2.45, 2.75) is 39.8 Å². The summed E-state index contributed by atoms with van der Waals surface area (Å²) in [5.41, 5.74) is 1.92. The number of rotatable bonds is 3. The van der Waals surface area contributed by atoms with Gasteiger partial charge >= 0.3 is 0 Å². The summed E-state index contributed by atoms with van der Waals surface area (Å²) in [4.78, 5) is 14.2. The van der Waals surface area contributed by atoms with Gasteiger partial charge in [0.1, 0.15) is 4.83 Å². The van der Waals surface area contributed by atoms with Crippen LogP contribution in [0.15, 0.2) is 36.4 Å². The Balaban J connectivity index is 1.94. The molecule has 2 aromatic heterocycles. The van der Waals surface area contributed by atoms with E-state index in [9.17, 15) is 4.79 Å². The van der Waals surface area contributed by atoms with E-state index >= 15 is 0 Å². The summed E-state index contributed by atoms with van der Waals surface area (Å²) in [6, 6.07) is 12.2. The van der Waals surface area contributed by atoms with Crippen molar-refractivity contribution in [1.29, 1.82) is 0 Å². The lowest BCUT2D eigenvalue weighted by Crippen LogP contribution is -2.40. The normalized spacial score (nSPS) is 11.8.